The van der Waals surface area contributed by atoms with Gasteiger partial charge in [-0.1, -0.05) is 12.1 Å². The molecule has 3 rings (SSSR count). The van der Waals surface area contributed by atoms with Gasteiger partial charge >= 0.3 is 0 Å². The summed E-state index contributed by atoms with van der Waals surface area (Å²) in [6, 6.07) is 12.7. The molecule has 162 valence electrons. The first kappa shape index (κ1) is 22.3. The third-order valence-electron chi connectivity index (χ3n) is 4.44. The predicted molar refractivity (Wildman–Crippen MR) is 113 cm³/mol. The van der Waals surface area contributed by atoms with Crippen molar-refractivity contribution in [3.63, 3.8) is 0 Å². The lowest BCUT2D eigenvalue weighted by Gasteiger charge is -2.11. The average Bonchev–Trinajstić information content (AvgIpc) is 2.74. The Morgan fingerprint density at radius 1 is 1.03 bits per heavy atom. The van der Waals surface area contributed by atoms with Crippen molar-refractivity contribution in [1.82, 2.24) is 19.8 Å². The van der Waals surface area contributed by atoms with Gasteiger partial charge in [0.1, 0.15) is 11.5 Å². The van der Waals surface area contributed by atoms with Crippen LogP contribution in [0.5, 0.6) is 0 Å². The number of hydrogen-bond donors (Lipinski definition) is 2. The summed E-state index contributed by atoms with van der Waals surface area (Å²) in [6.45, 7) is 3.49. The molecule has 8 nitrogen and oxygen atoms in total. The maximum atomic E-state index is 13.1. The average molecular weight is 444 g/mol. The number of aromatic nitrogens is 2. The van der Waals surface area contributed by atoms with Crippen LogP contribution in [-0.4, -0.2) is 37.2 Å². The van der Waals surface area contributed by atoms with Crippen LogP contribution < -0.4 is 15.6 Å². The maximum Gasteiger partial charge on any atom is 0.271 e. The van der Waals surface area contributed by atoms with Gasteiger partial charge in [-0.25, -0.2) is 17.5 Å². The van der Waals surface area contributed by atoms with E-state index in [1.54, 1.807) is 26.0 Å². The number of carbonyl (C=O) groups is 1. The van der Waals surface area contributed by atoms with Gasteiger partial charge in [0.15, 0.2) is 0 Å². The van der Waals surface area contributed by atoms with Crippen LogP contribution >= 0.6 is 0 Å². The molecule has 0 saturated carbocycles. The van der Waals surface area contributed by atoms with Crippen molar-refractivity contribution in [2.24, 2.45) is 0 Å². The molecule has 0 bridgehead atoms. The minimum absolute atomic E-state index is 0.0142. The van der Waals surface area contributed by atoms with Crippen molar-refractivity contribution >= 4 is 15.9 Å². The van der Waals surface area contributed by atoms with Crippen LogP contribution in [0.2, 0.25) is 0 Å². The normalized spacial score (nSPS) is 11.3. The van der Waals surface area contributed by atoms with Gasteiger partial charge in [0.05, 0.1) is 10.6 Å². The molecule has 1 amide bonds. The standard InChI is InChI=1S/C21H21FN4O4S/c1-14-3-4-15(2)19(13-14)31(29,30)24-12-11-23-21(28)18-9-10-20(27)26(25-18)17-7-5-16(22)6-8-17/h3-10,13,24H,11-12H2,1-2H3,(H,23,28). The van der Waals surface area contributed by atoms with Crippen molar-refractivity contribution in [1.29, 1.82) is 0 Å². The van der Waals surface area contributed by atoms with Gasteiger partial charge in [0.2, 0.25) is 10.0 Å². The number of hydrogen-bond acceptors (Lipinski definition) is 5. The van der Waals surface area contributed by atoms with E-state index in [1.807, 2.05) is 6.07 Å². The van der Waals surface area contributed by atoms with E-state index in [0.29, 0.717) is 11.3 Å². The smallest absolute Gasteiger partial charge is 0.271 e. The van der Waals surface area contributed by atoms with Crippen molar-refractivity contribution < 1.29 is 17.6 Å². The number of halogens is 1. The maximum absolute atomic E-state index is 13.1. The summed E-state index contributed by atoms with van der Waals surface area (Å²) in [6.07, 6.45) is 0. The summed E-state index contributed by atoms with van der Waals surface area (Å²) in [5, 5.41) is 6.55. The van der Waals surface area contributed by atoms with Crippen LogP contribution in [0.25, 0.3) is 5.69 Å². The number of carbonyl (C=O) groups excluding carboxylic acids is 1. The molecular weight excluding hydrogens is 423 g/mol. The fraction of sp³-hybridized carbons (Fsp3) is 0.190. The Kier molecular flexibility index (Phi) is 6.62. The van der Waals surface area contributed by atoms with Gasteiger partial charge in [-0.15, -0.1) is 0 Å². The highest BCUT2D eigenvalue weighted by Gasteiger charge is 2.17. The van der Waals surface area contributed by atoms with E-state index in [4.69, 9.17) is 0 Å². The molecule has 31 heavy (non-hydrogen) atoms. The molecular formula is C21H21FN4O4S. The molecule has 3 aromatic rings. The zero-order valence-electron chi connectivity index (χ0n) is 16.9. The first-order valence-electron chi connectivity index (χ1n) is 9.39. The number of amides is 1. The molecule has 0 aliphatic carbocycles. The van der Waals surface area contributed by atoms with Gasteiger partial charge in [0.25, 0.3) is 11.5 Å². The van der Waals surface area contributed by atoms with Gasteiger partial charge < -0.3 is 5.32 Å². The van der Waals surface area contributed by atoms with Crippen LogP contribution in [0.1, 0.15) is 21.6 Å². The van der Waals surface area contributed by atoms with E-state index in [1.165, 1.54) is 36.4 Å². The van der Waals surface area contributed by atoms with E-state index in [2.05, 4.69) is 15.1 Å². The van der Waals surface area contributed by atoms with Gasteiger partial charge in [0, 0.05) is 19.2 Å². The van der Waals surface area contributed by atoms with Crippen molar-refractivity contribution in [3.05, 3.63) is 87.6 Å². The second kappa shape index (κ2) is 9.19. The minimum Gasteiger partial charge on any atom is -0.349 e. The Morgan fingerprint density at radius 3 is 2.45 bits per heavy atom. The lowest BCUT2D eigenvalue weighted by Crippen LogP contribution is -2.36. The summed E-state index contributed by atoms with van der Waals surface area (Å²) in [4.78, 5) is 24.6. The molecule has 0 fully saturated rings. The molecule has 1 aromatic heterocycles. The van der Waals surface area contributed by atoms with E-state index < -0.39 is 27.3 Å². The summed E-state index contributed by atoms with van der Waals surface area (Å²) in [7, 11) is -3.72. The fourth-order valence-corrected chi connectivity index (χ4v) is 4.19. The number of nitrogens with zero attached hydrogens (tertiary/aromatic N) is 2. The Hall–Kier alpha value is -3.37. The highest BCUT2D eigenvalue weighted by atomic mass is 32.2. The third kappa shape index (κ3) is 5.41. The molecule has 1 heterocycles. The van der Waals surface area contributed by atoms with E-state index in [-0.39, 0.29) is 23.7 Å². The zero-order valence-corrected chi connectivity index (χ0v) is 17.7. The van der Waals surface area contributed by atoms with Gasteiger partial charge in [-0.3, -0.25) is 9.59 Å². The molecule has 0 radical (unpaired) electrons. The molecule has 0 aliphatic heterocycles. The van der Waals surface area contributed by atoms with Gasteiger partial charge in [-0.2, -0.15) is 9.78 Å². The van der Waals surface area contributed by atoms with Crippen LogP contribution in [-0.2, 0) is 10.0 Å². The lowest BCUT2D eigenvalue weighted by atomic mass is 10.2. The topological polar surface area (TPSA) is 110 Å². The third-order valence-corrected chi connectivity index (χ3v) is 6.04. The largest absolute Gasteiger partial charge is 0.349 e. The number of benzene rings is 2. The Bertz CT molecular complexity index is 1270. The van der Waals surface area contributed by atoms with Crippen LogP contribution in [0.3, 0.4) is 0 Å². The Labute approximate surface area is 178 Å². The second-order valence-electron chi connectivity index (χ2n) is 6.87. The zero-order chi connectivity index (χ0) is 22.6. The van der Waals surface area contributed by atoms with E-state index in [0.717, 1.165) is 10.2 Å². The van der Waals surface area contributed by atoms with Gasteiger partial charge in [-0.05, 0) is 61.4 Å². The molecule has 0 aliphatic rings. The monoisotopic (exact) mass is 444 g/mol. The molecule has 0 saturated heterocycles. The van der Waals surface area contributed by atoms with Crippen molar-refractivity contribution in [2.45, 2.75) is 18.7 Å². The summed E-state index contributed by atoms with van der Waals surface area (Å²) in [5.41, 5.74) is 1.23. The second-order valence-corrected chi connectivity index (χ2v) is 8.60. The molecule has 10 heteroatoms. The predicted octanol–water partition coefficient (Wildman–Crippen LogP) is 1.70. The van der Waals surface area contributed by atoms with Crippen LogP contribution in [0.15, 0.2) is 64.3 Å². The highest BCUT2D eigenvalue weighted by molar-refractivity contribution is 7.89. The molecule has 0 atom stereocenters. The summed E-state index contributed by atoms with van der Waals surface area (Å²) in [5.74, 6) is -1.05. The SMILES string of the molecule is Cc1ccc(C)c(S(=O)(=O)NCCNC(=O)c2ccc(=O)n(-c3ccc(F)cc3)n2)c1. The van der Waals surface area contributed by atoms with E-state index in [9.17, 15) is 22.4 Å². The fourth-order valence-electron chi connectivity index (χ4n) is 2.83. The first-order valence-corrected chi connectivity index (χ1v) is 10.9. The quantitative estimate of drug-likeness (QED) is 0.539. The summed E-state index contributed by atoms with van der Waals surface area (Å²) < 4.78 is 41.5. The number of rotatable bonds is 7. The van der Waals surface area contributed by atoms with E-state index >= 15 is 0 Å². The van der Waals surface area contributed by atoms with Crippen molar-refractivity contribution in [3.8, 4) is 5.69 Å². The van der Waals surface area contributed by atoms with Crippen molar-refractivity contribution in [2.75, 3.05) is 13.1 Å². The highest BCUT2D eigenvalue weighted by Crippen LogP contribution is 2.16. The Morgan fingerprint density at radius 2 is 1.74 bits per heavy atom. The number of nitrogens with one attached hydrogen (secondary N) is 2. The number of sulfonamides is 1. The van der Waals surface area contributed by atoms with Crippen LogP contribution in [0.4, 0.5) is 4.39 Å². The minimum atomic E-state index is -3.72. The first-order chi connectivity index (χ1) is 14.7. The molecule has 0 spiro atoms. The summed E-state index contributed by atoms with van der Waals surface area (Å²) >= 11 is 0. The number of aryl methyl sites for hydroxylation is 2. The molecule has 2 aromatic carbocycles. The molecule has 0 unspecified atom stereocenters. The Balaban J connectivity index is 1.64. The lowest BCUT2D eigenvalue weighted by molar-refractivity contribution is 0.0947. The van der Waals surface area contributed by atoms with Crippen LogP contribution in [0, 0.1) is 19.7 Å². The molecule has 2 N–H and O–H groups in total.